The Bertz CT molecular complexity index is 1150. The number of ether oxygens (including phenoxy) is 1. The van der Waals surface area contributed by atoms with Crippen molar-refractivity contribution in [1.82, 2.24) is 14.8 Å². The lowest BCUT2D eigenvalue weighted by Gasteiger charge is -2.38. The van der Waals surface area contributed by atoms with Gasteiger partial charge in [0.1, 0.15) is 22.2 Å². The van der Waals surface area contributed by atoms with Gasteiger partial charge in [-0.25, -0.2) is 8.78 Å². The number of carbonyl (C=O) groups is 2. The van der Waals surface area contributed by atoms with Crippen molar-refractivity contribution in [2.75, 3.05) is 13.2 Å². The monoisotopic (exact) mass is 453 g/mol. The van der Waals surface area contributed by atoms with Crippen LogP contribution in [-0.4, -0.2) is 45.8 Å². The molecule has 31 heavy (non-hydrogen) atoms. The van der Waals surface area contributed by atoms with Gasteiger partial charge >= 0.3 is 0 Å². The largest absolute Gasteiger partial charge is 0.503 e. The highest BCUT2D eigenvalue weighted by Gasteiger charge is 2.44. The molecule has 4 rings (SSSR count). The Kier molecular flexibility index (Phi) is 5.44. The summed E-state index contributed by atoms with van der Waals surface area (Å²) in [7, 11) is 0. The Hall–Kier alpha value is -2.98. The predicted octanol–water partition coefficient (Wildman–Crippen LogP) is 2.18. The average Bonchev–Trinajstić information content (AvgIpc) is 3.23. The van der Waals surface area contributed by atoms with E-state index in [-0.39, 0.29) is 23.8 Å². The quantitative estimate of drug-likeness (QED) is 0.691. The Morgan fingerprint density at radius 3 is 2.81 bits per heavy atom. The van der Waals surface area contributed by atoms with E-state index in [1.54, 1.807) is 6.92 Å². The molecular formula is C20H18ClF2N3O5. The highest BCUT2D eigenvalue weighted by atomic mass is 35.5. The number of aromatic hydroxyl groups is 1. The fourth-order valence-electron chi connectivity index (χ4n) is 3.94. The lowest BCUT2D eigenvalue weighted by molar-refractivity contribution is -0.0328. The molecule has 2 aliphatic rings. The number of rotatable bonds is 4. The van der Waals surface area contributed by atoms with E-state index in [0.29, 0.717) is 19.6 Å². The number of aromatic nitrogens is 1. The van der Waals surface area contributed by atoms with Crippen LogP contribution < -0.4 is 10.7 Å². The highest BCUT2D eigenvalue weighted by molar-refractivity contribution is 6.30. The van der Waals surface area contributed by atoms with Gasteiger partial charge in [-0.1, -0.05) is 17.7 Å². The Labute approximate surface area is 180 Å². The molecule has 0 spiro atoms. The molecule has 0 unspecified atom stereocenters. The molecule has 2 amide bonds. The maximum Gasteiger partial charge on any atom is 0.276 e. The third-order valence-electron chi connectivity index (χ3n) is 5.51. The van der Waals surface area contributed by atoms with Crippen LogP contribution in [0, 0.1) is 11.6 Å². The van der Waals surface area contributed by atoms with E-state index in [2.05, 4.69) is 5.32 Å². The average molecular weight is 454 g/mol. The molecule has 3 heterocycles. The van der Waals surface area contributed by atoms with Gasteiger partial charge in [0.05, 0.1) is 12.6 Å². The molecule has 1 aromatic heterocycles. The van der Waals surface area contributed by atoms with Gasteiger partial charge in [0.25, 0.3) is 11.8 Å². The first kappa shape index (κ1) is 21.3. The SMILES string of the molecule is CCN1C(=O)c2c(O)c(=O)c(C(=O)NCc3ccc(F)c(Cl)c3F)cn2[C@H]2CCO[C@H]21. The molecule has 0 radical (unpaired) electrons. The molecule has 1 saturated heterocycles. The first-order valence-corrected chi connectivity index (χ1v) is 9.95. The van der Waals surface area contributed by atoms with Crippen molar-refractivity contribution in [3.05, 3.63) is 62.0 Å². The summed E-state index contributed by atoms with van der Waals surface area (Å²) in [6, 6.07) is 1.70. The van der Waals surface area contributed by atoms with E-state index < -0.39 is 51.4 Å². The van der Waals surface area contributed by atoms with Crippen molar-refractivity contribution in [3.63, 3.8) is 0 Å². The van der Waals surface area contributed by atoms with E-state index in [0.717, 1.165) is 12.1 Å². The lowest BCUT2D eigenvalue weighted by atomic mass is 10.1. The minimum atomic E-state index is -1.02. The number of nitrogens with zero attached hydrogens (tertiary/aromatic N) is 2. The summed E-state index contributed by atoms with van der Waals surface area (Å²) >= 11 is 5.53. The smallest absolute Gasteiger partial charge is 0.276 e. The van der Waals surface area contributed by atoms with Crippen LogP contribution in [0.25, 0.3) is 0 Å². The molecule has 1 fully saturated rings. The highest BCUT2D eigenvalue weighted by Crippen LogP contribution is 2.37. The minimum Gasteiger partial charge on any atom is -0.503 e. The molecular weight excluding hydrogens is 436 g/mol. The molecule has 0 saturated carbocycles. The summed E-state index contributed by atoms with van der Waals surface area (Å²) in [5.74, 6) is -4.27. The van der Waals surface area contributed by atoms with Crippen LogP contribution in [0.1, 0.15) is 45.8 Å². The van der Waals surface area contributed by atoms with Crippen LogP contribution in [0.15, 0.2) is 23.1 Å². The van der Waals surface area contributed by atoms with Crippen LogP contribution in [0.4, 0.5) is 8.78 Å². The first-order chi connectivity index (χ1) is 14.8. The zero-order valence-electron chi connectivity index (χ0n) is 16.3. The van der Waals surface area contributed by atoms with Crippen molar-refractivity contribution < 1.29 is 28.2 Å². The third kappa shape index (κ3) is 3.35. The number of amides is 2. The van der Waals surface area contributed by atoms with Gasteiger partial charge in [0.15, 0.2) is 17.7 Å². The summed E-state index contributed by atoms with van der Waals surface area (Å²) in [5.41, 5.74) is -1.73. The molecule has 2 aromatic rings. The van der Waals surface area contributed by atoms with Gasteiger partial charge in [-0.05, 0) is 19.4 Å². The predicted molar refractivity (Wildman–Crippen MR) is 105 cm³/mol. The number of pyridine rings is 1. The van der Waals surface area contributed by atoms with Gasteiger partial charge in [-0.15, -0.1) is 0 Å². The molecule has 0 aliphatic carbocycles. The summed E-state index contributed by atoms with van der Waals surface area (Å²) in [4.78, 5) is 39.5. The van der Waals surface area contributed by atoms with E-state index in [9.17, 15) is 28.3 Å². The fourth-order valence-corrected chi connectivity index (χ4v) is 4.12. The summed E-state index contributed by atoms with van der Waals surface area (Å²) in [6.45, 7) is 2.08. The molecule has 0 bridgehead atoms. The maximum absolute atomic E-state index is 14.1. The number of fused-ring (bicyclic) bond motifs is 3. The standard InChI is InChI=1S/C20H18ClF2N3O5/c1-2-25-19(30)15-17(28)16(27)10(8-26(15)12-5-6-31-20(12)25)18(29)24-7-9-3-4-11(22)13(21)14(9)23/h3-4,8,12,20,28H,2,5-7H2,1H3,(H,24,29)/t12-,20+/m0/s1. The molecule has 164 valence electrons. The molecule has 11 heteroatoms. The van der Waals surface area contributed by atoms with E-state index >= 15 is 0 Å². The number of likely N-dealkylation sites (N-methyl/N-ethyl adjacent to an activating group) is 1. The van der Waals surface area contributed by atoms with Gasteiger partial charge < -0.3 is 24.6 Å². The summed E-state index contributed by atoms with van der Waals surface area (Å²) in [5, 5.41) is 12.1. The number of hydrogen-bond acceptors (Lipinski definition) is 5. The topological polar surface area (TPSA) is 101 Å². The van der Waals surface area contributed by atoms with Gasteiger partial charge in [-0.2, -0.15) is 0 Å². The second kappa shape index (κ2) is 7.93. The Morgan fingerprint density at radius 1 is 1.35 bits per heavy atom. The van der Waals surface area contributed by atoms with Crippen LogP contribution in [0.3, 0.4) is 0 Å². The van der Waals surface area contributed by atoms with Crippen molar-refractivity contribution >= 4 is 23.4 Å². The third-order valence-corrected chi connectivity index (χ3v) is 5.86. The molecule has 8 nitrogen and oxygen atoms in total. The van der Waals surface area contributed by atoms with Gasteiger partial charge in [0, 0.05) is 24.8 Å². The van der Waals surface area contributed by atoms with Crippen LogP contribution in [0.5, 0.6) is 5.75 Å². The number of benzene rings is 1. The maximum atomic E-state index is 14.1. The second-order valence-electron chi connectivity index (χ2n) is 7.20. The number of nitrogens with one attached hydrogen (secondary N) is 1. The Morgan fingerprint density at radius 2 is 2.10 bits per heavy atom. The lowest BCUT2D eigenvalue weighted by Crippen LogP contribution is -2.50. The van der Waals surface area contributed by atoms with Crippen molar-refractivity contribution in [2.45, 2.75) is 32.2 Å². The van der Waals surface area contributed by atoms with Crippen molar-refractivity contribution in [2.24, 2.45) is 0 Å². The molecule has 2 aliphatic heterocycles. The van der Waals surface area contributed by atoms with E-state index in [1.165, 1.54) is 15.7 Å². The first-order valence-electron chi connectivity index (χ1n) is 9.57. The zero-order valence-corrected chi connectivity index (χ0v) is 17.1. The Balaban J connectivity index is 1.68. The van der Waals surface area contributed by atoms with Gasteiger partial charge in [0.2, 0.25) is 5.43 Å². The van der Waals surface area contributed by atoms with Crippen LogP contribution >= 0.6 is 11.6 Å². The molecule has 1 aromatic carbocycles. The summed E-state index contributed by atoms with van der Waals surface area (Å²) in [6.07, 6.45) is 1.15. The van der Waals surface area contributed by atoms with Crippen molar-refractivity contribution in [1.29, 1.82) is 0 Å². The summed E-state index contributed by atoms with van der Waals surface area (Å²) < 4.78 is 34.4. The van der Waals surface area contributed by atoms with Gasteiger partial charge in [-0.3, -0.25) is 14.4 Å². The number of hydrogen-bond donors (Lipinski definition) is 2. The molecule has 2 atom stereocenters. The van der Waals surface area contributed by atoms with Crippen LogP contribution in [0.2, 0.25) is 5.02 Å². The van der Waals surface area contributed by atoms with Crippen LogP contribution in [-0.2, 0) is 11.3 Å². The zero-order chi connectivity index (χ0) is 22.4. The fraction of sp³-hybridized carbons (Fsp3) is 0.350. The number of halogens is 3. The van der Waals surface area contributed by atoms with Crippen molar-refractivity contribution in [3.8, 4) is 5.75 Å². The minimum absolute atomic E-state index is 0.0833. The second-order valence-corrected chi connectivity index (χ2v) is 7.58. The normalized spacial score (nSPS) is 19.9. The van der Waals surface area contributed by atoms with E-state index in [4.69, 9.17) is 16.3 Å². The number of carbonyl (C=O) groups excluding carboxylic acids is 2. The molecule has 2 N–H and O–H groups in total. The van der Waals surface area contributed by atoms with E-state index in [1.807, 2.05) is 0 Å².